The van der Waals surface area contributed by atoms with E-state index >= 15 is 0 Å². The van der Waals surface area contributed by atoms with Crippen molar-refractivity contribution in [1.29, 1.82) is 0 Å². The largest absolute Gasteiger partial charge is 0.392 e. The van der Waals surface area contributed by atoms with Gasteiger partial charge in [0.25, 0.3) is 0 Å². The van der Waals surface area contributed by atoms with E-state index in [0.717, 1.165) is 11.4 Å². The number of aryl methyl sites for hydroxylation is 4. The summed E-state index contributed by atoms with van der Waals surface area (Å²) in [5.74, 6) is 0. The van der Waals surface area contributed by atoms with Crippen LogP contribution in [0.15, 0.2) is 18.2 Å². The zero-order valence-corrected chi connectivity index (χ0v) is 13.1. The number of aromatic nitrogens is 2. The van der Waals surface area contributed by atoms with Crippen molar-refractivity contribution in [3.05, 3.63) is 51.8 Å². The van der Waals surface area contributed by atoms with Crippen LogP contribution >= 0.6 is 0 Å². The SMILES string of the molecule is Cc1ccc(C)c(CC(O)Cc2c(C)nn(C)c2C)c1. The molecular weight excluding hydrogens is 248 g/mol. The average molecular weight is 272 g/mol. The fraction of sp³-hybridized carbons (Fsp3) is 0.471. The molecule has 0 amide bonds. The van der Waals surface area contributed by atoms with Gasteiger partial charge in [-0.25, -0.2) is 0 Å². The second-order valence-electron chi connectivity index (χ2n) is 5.76. The van der Waals surface area contributed by atoms with Crippen molar-refractivity contribution in [3.8, 4) is 0 Å². The van der Waals surface area contributed by atoms with Gasteiger partial charge in [0, 0.05) is 19.2 Å². The summed E-state index contributed by atoms with van der Waals surface area (Å²) < 4.78 is 1.88. The van der Waals surface area contributed by atoms with E-state index in [1.165, 1.54) is 22.3 Å². The lowest BCUT2D eigenvalue weighted by atomic mass is 9.96. The second kappa shape index (κ2) is 5.80. The third-order valence-corrected chi connectivity index (χ3v) is 4.06. The van der Waals surface area contributed by atoms with Gasteiger partial charge >= 0.3 is 0 Å². The molecule has 0 saturated carbocycles. The molecule has 1 aromatic carbocycles. The Labute approximate surface area is 121 Å². The summed E-state index contributed by atoms with van der Waals surface area (Å²) in [4.78, 5) is 0. The van der Waals surface area contributed by atoms with E-state index < -0.39 is 0 Å². The lowest BCUT2D eigenvalue weighted by molar-refractivity contribution is 0.175. The van der Waals surface area contributed by atoms with Crippen molar-refractivity contribution in [2.24, 2.45) is 7.05 Å². The summed E-state index contributed by atoms with van der Waals surface area (Å²) >= 11 is 0. The fourth-order valence-electron chi connectivity index (χ4n) is 2.69. The lowest BCUT2D eigenvalue weighted by Crippen LogP contribution is -2.15. The van der Waals surface area contributed by atoms with Gasteiger partial charge < -0.3 is 5.11 Å². The number of aliphatic hydroxyl groups is 1. The van der Waals surface area contributed by atoms with Gasteiger partial charge in [0.2, 0.25) is 0 Å². The summed E-state index contributed by atoms with van der Waals surface area (Å²) in [5.41, 5.74) is 7.05. The minimum Gasteiger partial charge on any atom is -0.392 e. The van der Waals surface area contributed by atoms with E-state index in [0.29, 0.717) is 12.8 Å². The predicted molar refractivity (Wildman–Crippen MR) is 82.0 cm³/mol. The van der Waals surface area contributed by atoms with Crippen LogP contribution in [0.5, 0.6) is 0 Å². The highest BCUT2D eigenvalue weighted by Crippen LogP contribution is 2.18. The third kappa shape index (κ3) is 3.10. The number of nitrogens with zero attached hydrogens (tertiary/aromatic N) is 2. The molecule has 0 aliphatic heterocycles. The van der Waals surface area contributed by atoms with E-state index in [1.807, 2.05) is 18.7 Å². The summed E-state index contributed by atoms with van der Waals surface area (Å²) in [5, 5.41) is 14.8. The molecule has 0 bridgehead atoms. The van der Waals surface area contributed by atoms with Crippen LogP contribution in [0.4, 0.5) is 0 Å². The second-order valence-corrected chi connectivity index (χ2v) is 5.76. The molecule has 3 nitrogen and oxygen atoms in total. The zero-order valence-electron chi connectivity index (χ0n) is 13.1. The molecule has 20 heavy (non-hydrogen) atoms. The maximum atomic E-state index is 10.4. The minimum atomic E-state index is -0.364. The van der Waals surface area contributed by atoms with Crippen molar-refractivity contribution >= 4 is 0 Å². The summed E-state index contributed by atoms with van der Waals surface area (Å²) in [6.07, 6.45) is 0.997. The summed E-state index contributed by atoms with van der Waals surface area (Å²) in [6.45, 7) is 8.25. The highest BCUT2D eigenvalue weighted by Gasteiger charge is 2.15. The molecule has 1 atom stereocenters. The Morgan fingerprint density at radius 1 is 1.15 bits per heavy atom. The molecule has 1 heterocycles. The number of benzene rings is 1. The van der Waals surface area contributed by atoms with Crippen molar-refractivity contribution in [1.82, 2.24) is 9.78 Å². The molecule has 1 unspecified atom stereocenters. The van der Waals surface area contributed by atoms with Crippen LogP contribution in [0, 0.1) is 27.7 Å². The number of aliphatic hydroxyl groups excluding tert-OH is 1. The lowest BCUT2D eigenvalue weighted by Gasteiger charge is -2.13. The van der Waals surface area contributed by atoms with Gasteiger partial charge in [-0.3, -0.25) is 4.68 Å². The highest BCUT2D eigenvalue weighted by atomic mass is 16.3. The number of rotatable bonds is 4. The van der Waals surface area contributed by atoms with E-state index in [-0.39, 0.29) is 6.10 Å². The Morgan fingerprint density at radius 3 is 2.45 bits per heavy atom. The first kappa shape index (κ1) is 14.8. The van der Waals surface area contributed by atoms with Gasteiger partial charge in [-0.2, -0.15) is 5.10 Å². The summed E-state index contributed by atoms with van der Waals surface area (Å²) in [7, 11) is 1.95. The fourth-order valence-corrected chi connectivity index (χ4v) is 2.69. The van der Waals surface area contributed by atoms with Crippen LogP contribution in [0.2, 0.25) is 0 Å². The van der Waals surface area contributed by atoms with Crippen molar-refractivity contribution < 1.29 is 5.11 Å². The number of hydrogen-bond donors (Lipinski definition) is 1. The third-order valence-electron chi connectivity index (χ3n) is 4.06. The van der Waals surface area contributed by atoms with Crippen LogP contribution < -0.4 is 0 Å². The first-order valence-electron chi connectivity index (χ1n) is 7.11. The maximum absolute atomic E-state index is 10.4. The van der Waals surface area contributed by atoms with Crippen LogP contribution in [-0.4, -0.2) is 21.0 Å². The van der Waals surface area contributed by atoms with Crippen LogP contribution in [0.1, 0.15) is 33.6 Å². The molecule has 2 rings (SSSR count). The van der Waals surface area contributed by atoms with Gasteiger partial charge in [0.1, 0.15) is 0 Å². The Balaban J connectivity index is 2.13. The quantitative estimate of drug-likeness (QED) is 0.929. The van der Waals surface area contributed by atoms with Crippen molar-refractivity contribution in [3.63, 3.8) is 0 Å². The first-order chi connectivity index (χ1) is 9.38. The van der Waals surface area contributed by atoms with E-state index in [1.54, 1.807) is 0 Å². The highest BCUT2D eigenvalue weighted by molar-refractivity contribution is 5.32. The zero-order chi connectivity index (χ0) is 14.9. The van der Waals surface area contributed by atoms with Gasteiger partial charge in [-0.05, 0) is 50.8 Å². The van der Waals surface area contributed by atoms with Crippen LogP contribution in [0.25, 0.3) is 0 Å². The summed E-state index contributed by atoms with van der Waals surface area (Å²) in [6, 6.07) is 6.40. The molecule has 0 aliphatic rings. The number of hydrogen-bond acceptors (Lipinski definition) is 2. The van der Waals surface area contributed by atoms with Crippen LogP contribution in [-0.2, 0) is 19.9 Å². The molecular formula is C17H24N2O. The maximum Gasteiger partial charge on any atom is 0.0629 e. The van der Waals surface area contributed by atoms with E-state index in [9.17, 15) is 5.11 Å². The van der Waals surface area contributed by atoms with Gasteiger partial charge in [-0.15, -0.1) is 0 Å². The Morgan fingerprint density at radius 2 is 1.85 bits per heavy atom. The molecule has 0 fully saturated rings. The van der Waals surface area contributed by atoms with Gasteiger partial charge in [0.15, 0.2) is 0 Å². The Hall–Kier alpha value is -1.61. The standard InChI is InChI=1S/C17H24N2O/c1-11-6-7-12(2)15(8-11)9-16(20)10-17-13(3)18-19(5)14(17)4/h6-8,16,20H,9-10H2,1-5H3. The minimum absolute atomic E-state index is 0.364. The van der Waals surface area contributed by atoms with Gasteiger partial charge in [-0.1, -0.05) is 23.8 Å². The molecule has 1 aromatic heterocycles. The van der Waals surface area contributed by atoms with E-state index in [2.05, 4.69) is 44.1 Å². The Kier molecular flexibility index (Phi) is 4.29. The average Bonchev–Trinajstić information content (AvgIpc) is 2.61. The van der Waals surface area contributed by atoms with Crippen molar-refractivity contribution in [2.45, 2.75) is 46.6 Å². The molecule has 2 aromatic rings. The smallest absolute Gasteiger partial charge is 0.0629 e. The Bertz CT molecular complexity index is 614. The monoisotopic (exact) mass is 272 g/mol. The van der Waals surface area contributed by atoms with Gasteiger partial charge in [0.05, 0.1) is 11.8 Å². The van der Waals surface area contributed by atoms with Crippen LogP contribution in [0.3, 0.4) is 0 Å². The molecule has 0 aliphatic carbocycles. The normalized spacial score (nSPS) is 12.7. The molecule has 0 spiro atoms. The molecule has 0 radical (unpaired) electrons. The predicted octanol–water partition coefficient (Wildman–Crippen LogP) is 2.80. The molecule has 0 saturated heterocycles. The molecule has 108 valence electrons. The molecule has 1 N–H and O–H groups in total. The topological polar surface area (TPSA) is 38.1 Å². The van der Waals surface area contributed by atoms with Crippen molar-refractivity contribution in [2.75, 3.05) is 0 Å². The molecule has 3 heteroatoms. The van der Waals surface area contributed by atoms with E-state index in [4.69, 9.17) is 0 Å². The first-order valence-corrected chi connectivity index (χ1v) is 7.11.